The Hall–Kier alpha value is -2.35. The average Bonchev–Trinajstić information content (AvgIpc) is 2.66. The van der Waals surface area contributed by atoms with Gasteiger partial charge in [-0.2, -0.15) is 0 Å². The molecule has 0 heterocycles. The van der Waals surface area contributed by atoms with Crippen LogP contribution in [0.3, 0.4) is 0 Å². The molecule has 124 valence electrons. The maximum Gasteiger partial charge on any atom is 0.142 e. The van der Waals surface area contributed by atoms with Crippen LogP contribution in [-0.2, 0) is 11.4 Å². The number of benzene rings is 2. The summed E-state index contributed by atoms with van der Waals surface area (Å²) in [4.78, 5) is 10.5. The SMILES string of the molecule is O=CC=CC1CCCC(c2ccc(OCc3ccccc3)cc2)C1. The lowest BCUT2D eigenvalue weighted by atomic mass is 9.78. The average molecular weight is 320 g/mol. The highest BCUT2D eigenvalue weighted by Gasteiger charge is 2.21. The lowest BCUT2D eigenvalue weighted by Crippen LogP contribution is -2.12. The van der Waals surface area contributed by atoms with Crippen molar-refractivity contribution >= 4 is 6.29 Å². The molecule has 0 amide bonds. The van der Waals surface area contributed by atoms with E-state index in [0.29, 0.717) is 18.4 Å². The molecule has 2 unspecified atom stereocenters. The normalized spacial score (nSPS) is 20.8. The highest BCUT2D eigenvalue weighted by molar-refractivity contribution is 5.64. The Bertz CT molecular complexity index is 658. The first-order valence-electron chi connectivity index (χ1n) is 8.74. The van der Waals surface area contributed by atoms with Crippen molar-refractivity contribution in [3.05, 3.63) is 77.9 Å². The van der Waals surface area contributed by atoms with Crippen molar-refractivity contribution in [1.29, 1.82) is 0 Å². The van der Waals surface area contributed by atoms with Crippen molar-refractivity contribution in [3.63, 3.8) is 0 Å². The van der Waals surface area contributed by atoms with E-state index in [9.17, 15) is 4.79 Å². The number of carbonyl (C=O) groups is 1. The summed E-state index contributed by atoms with van der Waals surface area (Å²) >= 11 is 0. The van der Waals surface area contributed by atoms with Crippen LogP contribution in [0.2, 0.25) is 0 Å². The Labute approximate surface area is 144 Å². The van der Waals surface area contributed by atoms with Gasteiger partial charge in [-0.15, -0.1) is 0 Å². The Morgan fingerprint density at radius 2 is 1.79 bits per heavy atom. The molecule has 0 radical (unpaired) electrons. The molecule has 0 spiro atoms. The topological polar surface area (TPSA) is 26.3 Å². The molecule has 0 saturated heterocycles. The van der Waals surface area contributed by atoms with Gasteiger partial charge in [0.2, 0.25) is 0 Å². The Kier molecular flexibility index (Phi) is 5.84. The summed E-state index contributed by atoms with van der Waals surface area (Å²) in [5.74, 6) is 2.03. The molecule has 0 N–H and O–H groups in total. The molecule has 0 aliphatic heterocycles. The van der Waals surface area contributed by atoms with Gasteiger partial charge in [0.15, 0.2) is 0 Å². The van der Waals surface area contributed by atoms with Crippen molar-refractivity contribution in [1.82, 2.24) is 0 Å². The third kappa shape index (κ3) is 4.58. The fourth-order valence-electron chi connectivity index (χ4n) is 3.48. The van der Waals surface area contributed by atoms with Crippen molar-refractivity contribution in [2.75, 3.05) is 0 Å². The van der Waals surface area contributed by atoms with Crippen molar-refractivity contribution in [2.24, 2.45) is 5.92 Å². The standard InChI is InChI=1S/C22H24O2/c23-15-5-9-18-8-4-10-21(16-18)20-11-13-22(14-12-20)24-17-19-6-2-1-3-7-19/h1-3,5-7,9,11-15,18,21H,4,8,10,16-17H2. The zero-order valence-corrected chi connectivity index (χ0v) is 13.9. The second kappa shape index (κ2) is 8.49. The molecule has 1 aliphatic carbocycles. The Morgan fingerprint density at radius 1 is 1.00 bits per heavy atom. The van der Waals surface area contributed by atoms with Crippen molar-refractivity contribution in [2.45, 2.75) is 38.2 Å². The molecule has 1 aliphatic rings. The van der Waals surface area contributed by atoms with Crippen LogP contribution in [0.1, 0.15) is 42.7 Å². The highest BCUT2D eigenvalue weighted by atomic mass is 16.5. The lowest BCUT2D eigenvalue weighted by molar-refractivity contribution is -0.104. The molecular weight excluding hydrogens is 296 g/mol. The van der Waals surface area contributed by atoms with E-state index in [1.54, 1.807) is 6.08 Å². The first-order valence-corrected chi connectivity index (χ1v) is 8.74. The zero-order chi connectivity index (χ0) is 16.6. The van der Waals surface area contributed by atoms with E-state index >= 15 is 0 Å². The van der Waals surface area contributed by atoms with Gasteiger partial charge in [0.05, 0.1) is 0 Å². The minimum Gasteiger partial charge on any atom is -0.489 e. The molecule has 2 aromatic carbocycles. The van der Waals surface area contributed by atoms with Gasteiger partial charge < -0.3 is 4.74 Å². The van der Waals surface area contributed by atoms with E-state index in [-0.39, 0.29) is 0 Å². The summed E-state index contributed by atoms with van der Waals surface area (Å²) in [5.41, 5.74) is 2.56. The number of hydrogen-bond donors (Lipinski definition) is 0. The second-order valence-corrected chi connectivity index (χ2v) is 6.49. The minimum atomic E-state index is 0.531. The van der Waals surface area contributed by atoms with Crippen LogP contribution in [0.25, 0.3) is 0 Å². The van der Waals surface area contributed by atoms with Gasteiger partial charge in [0.1, 0.15) is 18.6 Å². The van der Waals surface area contributed by atoms with Crippen LogP contribution in [0, 0.1) is 5.92 Å². The van der Waals surface area contributed by atoms with Crippen molar-refractivity contribution in [3.8, 4) is 5.75 Å². The maximum atomic E-state index is 10.5. The lowest BCUT2D eigenvalue weighted by Gasteiger charge is -2.27. The van der Waals surface area contributed by atoms with Gasteiger partial charge >= 0.3 is 0 Å². The molecule has 1 saturated carbocycles. The first-order chi connectivity index (χ1) is 11.8. The number of hydrogen-bond acceptors (Lipinski definition) is 2. The van der Waals surface area contributed by atoms with Crippen LogP contribution >= 0.6 is 0 Å². The fourth-order valence-corrected chi connectivity index (χ4v) is 3.48. The number of rotatable bonds is 6. The van der Waals surface area contributed by atoms with E-state index in [1.807, 2.05) is 18.2 Å². The van der Waals surface area contributed by atoms with E-state index in [1.165, 1.54) is 30.4 Å². The highest BCUT2D eigenvalue weighted by Crippen LogP contribution is 2.37. The fraction of sp³-hybridized carbons (Fsp3) is 0.318. The van der Waals surface area contributed by atoms with E-state index in [4.69, 9.17) is 4.74 Å². The van der Waals surface area contributed by atoms with Crippen LogP contribution in [0.15, 0.2) is 66.7 Å². The maximum absolute atomic E-state index is 10.5. The molecule has 0 bridgehead atoms. The quantitative estimate of drug-likeness (QED) is 0.533. The molecule has 2 aromatic rings. The van der Waals surface area contributed by atoms with Gasteiger partial charge in [0, 0.05) is 0 Å². The zero-order valence-electron chi connectivity index (χ0n) is 13.9. The molecular formula is C22H24O2. The number of allylic oxidation sites excluding steroid dienone is 2. The largest absolute Gasteiger partial charge is 0.489 e. The van der Waals surface area contributed by atoms with E-state index < -0.39 is 0 Å². The van der Waals surface area contributed by atoms with Crippen LogP contribution in [0.4, 0.5) is 0 Å². The Morgan fingerprint density at radius 3 is 2.54 bits per heavy atom. The molecule has 2 atom stereocenters. The number of carbonyl (C=O) groups excluding carboxylic acids is 1. The molecule has 0 aromatic heterocycles. The van der Waals surface area contributed by atoms with Gasteiger partial charge in [-0.25, -0.2) is 0 Å². The summed E-state index contributed by atoms with van der Waals surface area (Å²) in [6.45, 7) is 0.599. The summed E-state index contributed by atoms with van der Waals surface area (Å²) in [5, 5.41) is 0. The van der Waals surface area contributed by atoms with Gasteiger partial charge in [0.25, 0.3) is 0 Å². The minimum absolute atomic E-state index is 0.531. The molecule has 2 nitrogen and oxygen atoms in total. The van der Waals surface area contributed by atoms with Crippen LogP contribution in [-0.4, -0.2) is 6.29 Å². The molecule has 3 rings (SSSR count). The predicted octanol–water partition coefficient (Wildman–Crippen LogP) is 5.29. The van der Waals surface area contributed by atoms with Crippen molar-refractivity contribution < 1.29 is 9.53 Å². The molecule has 1 fully saturated rings. The van der Waals surface area contributed by atoms with Gasteiger partial charge in [-0.05, 0) is 60.4 Å². The van der Waals surface area contributed by atoms with Gasteiger partial charge in [-0.1, -0.05) is 55.0 Å². The monoisotopic (exact) mass is 320 g/mol. The summed E-state index contributed by atoms with van der Waals surface area (Å²) < 4.78 is 5.86. The predicted molar refractivity (Wildman–Crippen MR) is 97.1 cm³/mol. The summed E-state index contributed by atoms with van der Waals surface area (Å²) in [6, 6.07) is 18.7. The summed E-state index contributed by atoms with van der Waals surface area (Å²) in [7, 11) is 0. The molecule has 24 heavy (non-hydrogen) atoms. The third-order valence-corrected chi connectivity index (χ3v) is 4.78. The number of aldehydes is 1. The molecule has 2 heteroatoms. The van der Waals surface area contributed by atoms with Crippen LogP contribution < -0.4 is 4.74 Å². The van der Waals surface area contributed by atoms with Crippen LogP contribution in [0.5, 0.6) is 5.75 Å². The Balaban J connectivity index is 1.57. The van der Waals surface area contributed by atoms with E-state index in [0.717, 1.165) is 18.5 Å². The number of ether oxygens (including phenoxy) is 1. The second-order valence-electron chi connectivity index (χ2n) is 6.49. The van der Waals surface area contributed by atoms with Gasteiger partial charge in [-0.3, -0.25) is 4.79 Å². The summed E-state index contributed by atoms with van der Waals surface area (Å²) in [6.07, 6.45) is 9.38. The first kappa shape index (κ1) is 16.5. The third-order valence-electron chi connectivity index (χ3n) is 4.78. The smallest absolute Gasteiger partial charge is 0.142 e. The van der Waals surface area contributed by atoms with E-state index in [2.05, 4.69) is 42.5 Å².